The standard InChI is InChI=1S/C14H22N2O/c1-9-8-16-13(10(2)14(9)17-3)7-6-12(15)11-4-5-11/h8,11-12H,4-7,15H2,1-3H3. The summed E-state index contributed by atoms with van der Waals surface area (Å²) in [5, 5.41) is 0. The number of nitrogens with two attached hydrogens (primary N) is 1. The molecular formula is C14H22N2O. The molecule has 0 amide bonds. The van der Waals surface area contributed by atoms with Gasteiger partial charge in [-0.25, -0.2) is 0 Å². The molecule has 2 N–H and O–H groups in total. The van der Waals surface area contributed by atoms with Gasteiger partial charge in [-0.1, -0.05) is 0 Å². The van der Waals surface area contributed by atoms with Crippen LogP contribution in [0.3, 0.4) is 0 Å². The quantitative estimate of drug-likeness (QED) is 0.851. The molecular weight excluding hydrogens is 212 g/mol. The number of methoxy groups -OCH3 is 1. The normalized spacial score (nSPS) is 16.9. The average molecular weight is 234 g/mol. The van der Waals surface area contributed by atoms with Crippen molar-refractivity contribution in [3.8, 4) is 5.75 Å². The van der Waals surface area contributed by atoms with Crippen molar-refractivity contribution in [3.63, 3.8) is 0 Å². The largest absolute Gasteiger partial charge is 0.496 e. The number of hydrogen-bond acceptors (Lipinski definition) is 3. The summed E-state index contributed by atoms with van der Waals surface area (Å²) in [4.78, 5) is 4.50. The molecule has 1 aromatic rings. The summed E-state index contributed by atoms with van der Waals surface area (Å²) in [6, 6.07) is 0.350. The summed E-state index contributed by atoms with van der Waals surface area (Å²) in [7, 11) is 1.72. The van der Waals surface area contributed by atoms with E-state index < -0.39 is 0 Å². The van der Waals surface area contributed by atoms with Crippen molar-refractivity contribution in [2.45, 2.75) is 45.6 Å². The van der Waals surface area contributed by atoms with Gasteiger partial charge in [-0.3, -0.25) is 4.98 Å². The first kappa shape index (κ1) is 12.4. The fourth-order valence-electron chi connectivity index (χ4n) is 2.39. The van der Waals surface area contributed by atoms with Gasteiger partial charge in [-0.15, -0.1) is 0 Å². The van der Waals surface area contributed by atoms with Crippen molar-refractivity contribution >= 4 is 0 Å². The number of nitrogens with zero attached hydrogens (tertiary/aromatic N) is 1. The minimum atomic E-state index is 0.350. The van der Waals surface area contributed by atoms with Crippen LogP contribution in [0.15, 0.2) is 6.20 Å². The summed E-state index contributed by atoms with van der Waals surface area (Å²) in [6.45, 7) is 4.11. The van der Waals surface area contributed by atoms with E-state index in [1.165, 1.54) is 12.8 Å². The zero-order valence-corrected chi connectivity index (χ0v) is 11.0. The number of rotatable bonds is 5. The molecule has 1 atom stereocenters. The molecule has 0 aliphatic heterocycles. The molecule has 0 saturated heterocycles. The van der Waals surface area contributed by atoms with Crippen LogP contribution in [0.1, 0.15) is 36.1 Å². The highest BCUT2D eigenvalue weighted by atomic mass is 16.5. The average Bonchev–Trinajstić information content (AvgIpc) is 3.12. The molecule has 0 aromatic carbocycles. The maximum absolute atomic E-state index is 6.12. The van der Waals surface area contributed by atoms with E-state index in [4.69, 9.17) is 10.5 Å². The Kier molecular flexibility index (Phi) is 3.67. The number of ether oxygens (including phenoxy) is 1. The number of aromatic nitrogens is 1. The maximum atomic E-state index is 6.12. The van der Waals surface area contributed by atoms with Crippen LogP contribution < -0.4 is 10.5 Å². The summed E-state index contributed by atoms with van der Waals surface area (Å²) >= 11 is 0. The summed E-state index contributed by atoms with van der Waals surface area (Å²) < 4.78 is 5.41. The summed E-state index contributed by atoms with van der Waals surface area (Å²) in [5.74, 6) is 1.73. The number of pyridine rings is 1. The van der Waals surface area contributed by atoms with E-state index in [0.29, 0.717) is 6.04 Å². The molecule has 2 rings (SSSR count). The lowest BCUT2D eigenvalue weighted by molar-refractivity contribution is 0.406. The maximum Gasteiger partial charge on any atom is 0.128 e. The zero-order chi connectivity index (χ0) is 12.4. The van der Waals surface area contributed by atoms with E-state index in [1.807, 2.05) is 13.1 Å². The molecule has 1 aromatic heterocycles. The van der Waals surface area contributed by atoms with Crippen LogP contribution in [0.2, 0.25) is 0 Å². The number of hydrogen-bond donors (Lipinski definition) is 1. The second-order valence-electron chi connectivity index (χ2n) is 5.09. The lowest BCUT2D eigenvalue weighted by atomic mass is 10.0. The van der Waals surface area contributed by atoms with E-state index in [1.54, 1.807) is 7.11 Å². The van der Waals surface area contributed by atoms with Gasteiger partial charge in [0.2, 0.25) is 0 Å². The lowest BCUT2D eigenvalue weighted by Gasteiger charge is -2.14. The molecule has 94 valence electrons. The minimum absolute atomic E-state index is 0.350. The van der Waals surface area contributed by atoms with Crippen LogP contribution in [0.25, 0.3) is 0 Å². The first-order chi connectivity index (χ1) is 8.13. The van der Waals surface area contributed by atoms with Crippen LogP contribution in [0.4, 0.5) is 0 Å². The van der Waals surface area contributed by atoms with Crippen molar-refractivity contribution in [1.82, 2.24) is 4.98 Å². The van der Waals surface area contributed by atoms with Crippen LogP contribution in [0, 0.1) is 19.8 Å². The monoisotopic (exact) mass is 234 g/mol. The van der Waals surface area contributed by atoms with Crippen molar-refractivity contribution in [1.29, 1.82) is 0 Å². The van der Waals surface area contributed by atoms with Gasteiger partial charge in [-0.05, 0) is 45.4 Å². The Balaban J connectivity index is 2.04. The van der Waals surface area contributed by atoms with E-state index in [2.05, 4.69) is 11.9 Å². The predicted octanol–water partition coefficient (Wildman–Crippen LogP) is 2.38. The Hall–Kier alpha value is -1.09. The predicted molar refractivity (Wildman–Crippen MR) is 69.3 cm³/mol. The molecule has 1 fully saturated rings. The third-order valence-electron chi connectivity index (χ3n) is 3.69. The van der Waals surface area contributed by atoms with Crippen molar-refractivity contribution in [2.24, 2.45) is 11.7 Å². The molecule has 3 nitrogen and oxygen atoms in total. The topological polar surface area (TPSA) is 48.1 Å². The molecule has 1 aliphatic carbocycles. The van der Waals surface area contributed by atoms with Gasteiger partial charge >= 0.3 is 0 Å². The zero-order valence-electron chi connectivity index (χ0n) is 11.0. The Bertz CT molecular complexity index is 399. The molecule has 1 unspecified atom stereocenters. The van der Waals surface area contributed by atoms with Crippen LogP contribution >= 0.6 is 0 Å². The van der Waals surface area contributed by atoms with Gasteiger partial charge in [0, 0.05) is 29.1 Å². The lowest BCUT2D eigenvalue weighted by Crippen LogP contribution is -2.23. The molecule has 1 aliphatic rings. The SMILES string of the molecule is COc1c(C)cnc(CCC(N)C2CC2)c1C. The van der Waals surface area contributed by atoms with Gasteiger partial charge in [0.15, 0.2) is 0 Å². The van der Waals surface area contributed by atoms with Crippen molar-refractivity contribution < 1.29 is 4.74 Å². The second kappa shape index (κ2) is 5.05. The fraction of sp³-hybridized carbons (Fsp3) is 0.643. The van der Waals surface area contributed by atoms with Crippen LogP contribution in [-0.2, 0) is 6.42 Å². The first-order valence-electron chi connectivity index (χ1n) is 6.38. The van der Waals surface area contributed by atoms with Crippen molar-refractivity contribution in [2.75, 3.05) is 7.11 Å². The highest BCUT2D eigenvalue weighted by Gasteiger charge is 2.28. The number of aryl methyl sites for hydroxylation is 2. The molecule has 1 heterocycles. The van der Waals surface area contributed by atoms with Crippen LogP contribution in [-0.4, -0.2) is 18.1 Å². The Morgan fingerprint density at radius 1 is 1.47 bits per heavy atom. The van der Waals surface area contributed by atoms with Gasteiger partial charge < -0.3 is 10.5 Å². The van der Waals surface area contributed by atoms with E-state index in [-0.39, 0.29) is 0 Å². The van der Waals surface area contributed by atoms with Gasteiger partial charge in [-0.2, -0.15) is 0 Å². The van der Waals surface area contributed by atoms with E-state index in [0.717, 1.165) is 41.3 Å². The Labute approximate surface area is 103 Å². The van der Waals surface area contributed by atoms with E-state index in [9.17, 15) is 0 Å². The highest BCUT2D eigenvalue weighted by molar-refractivity contribution is 5.41. The summed E-state index contributed by atoms with van der Waals surface area (Å²) in [5.41, 5.74) is 9.51. The molecule has 0 bridgehead atoms. The van der Waals surface area contributed by atoms with Crippen LogP contribution in [0.5, 0.6) is 5.75 Å². The summed E-state index contributed by atoms with van der Waals surface area (Å²) in [6.07, 6.45) is 6.50. The Morgan fingerprint density at radius 3 is 2.76 bits per heavy atom. The third-order valence-corrected chi connectivity index (χ3v) is 3.69. The van der Waals surface area contributed by atoms with Gasteiger partial charge in [0.05, 0.1) is 7.11 Å². The highest BCUT2D eigenvalue weighted by Crippen LogP contribution is 2.33. The van der Waals surface area contributed by atoms with Crippen molar-refractivity contribution in [3.05, 3.63) is 23.0 Å². The first-order valence-corrected chi connectivity index (χ1v) is 6.38. The second-order valence-corrected chi connectivity index (χ2v) is 5.09. The van der Waals surface area contributed by atoms with Gasteiger partial charge in [0.1, 0.15) is 5.75 Å². The smallest absolute Gasteiger partial charge is 0.128 e. The molecule has 3 heteroatoms. The molecule has 0 radical (unpaired) electrons. The van der Waals surface area contributed by atoms with Gasteiger partial charge in [0.25, 0.3) is 0 Å². The molecule has 1 saturated carbocycles. The van der Waals surface area contributed by atoms with E-state index >= 15 is 0 Å². The third kappa shape index (κ3) is 2.78. The fourth-order valence-corrected chi connectivity index (χ4v) is 2.39. The molecule has 0 spiro atoms. The molecule has 17 heavy (non-hydrogen) atoms. The Morgan fingerprint density at radius 2 is 2.18 bits per heavy atom. The minimum Gasteiger partial charge on any atom is -0.496 e.